The van der Waals surface area contributed by atoms with Crippen molar-refractivity contribution >= 4 is 39.9 Å². The van der Waals surface area contributed by atoms with E-state index in [4.69, 9.17) is 20.8 Å². The lowest BCUT2D eigenvalue weighted by molar-refractivity contribution is 0.0553. The highest BCUT2D eigenvalue weighted by Crippen LogP contribution is 2.35. The number of carbonyl (C=O) groups is 1. The Morgan fingerprint density at radius 1 is 1.22 bits per heavy atom. The van der Waals surface area contributed by atoms with E-state index in [0.29, 0.717) is 41.9 Å². The number of amides is 1. The van der Waals surface area contributed by atoms with Crippen LogP contribution >= 0.6 is 22.9 Å². The zero-order chi connectivity index (χ0) is 25.9. The first kappa shape index (κ1) is 25.5. The Kier molecular flexibility index (Phi) is 7.63. The molecule has 1 aliphatic rings. The predicted octanol–water partition coefficient (Wildman–Crippen LogP) is 6.03. The maximum atomic E-state index is 14.2. The summed E-state index contributed by atoms with van der Waals surface area (Å²) in [7, 11) is 0. The number of carbonyl (C=O) groups excluding carboxylic acids is 1. The molecule has 194 valence electrons. The number of hydrogen-bond donors (Lipinski definition) is 1. The molecule has 1 fully saturated rings. The first-order valence-electron chi connectivity index (χ1n) is 11.6. The summed E-state index contributed by atoms with van der Waals surface area (Å²) in [5.74, 6) is -1.48. The van der Waals surface area contributed by atoms with E-state index in [9.17, 15) is 18.0 Å². The van der Waals surface area contributed by atoms with Crippen molar-refractivity contribution in [3.05, 3.63) is 74.9 Å². The van der Waals surface area contributed by atoms with Crippen molar-refractivity contribution in [2.75, 3.05) is 19.6 Å². The minimum atomic E-state index is -2.76. The minimum Gasteiger partial charge on any atom is -0.447 e. The second kappa shape index (κ2) is 11.1. The van der Waals surface area contributed by atoms with Gasteiger partial charge >= 0.3 is 6.08 Å². The van der Waals surface area contributed by atoms with Crippen molar-refractivity contribution in [3.8, 4) is 6.08 Å². The molecule has 3 heterocycles. The predicted molar refractivity (Wildman–Crippen MR) is 133 cm³/mol. The van der Waals surface area contributed by atoms with Gasteiger partial charge in [-0.1, -0.05) is 29.8 Å². The molecular weight excluding hydrogens is 529 g/mol. The average Bonchev–Trinajstić information content (AvgIpc) is 3.52. The largest absolute Gasteiger partial charge is 0.447 e. The molecule has 2 aromatic heterocycles. The second-order valence-electron chi connectivity index (χ2n) is 8.53. The number of thiazole rings is 1. The van der Waals surface area contributed by atoms with E-state index in [0.717, 1.165) is 17.4 Å². The molecule has 12 heteroatoms. The fourth-order valence-electron chi connectivity index (χ4n) is 4.41. The zero-order valence-corrected chi connectivity index (χ0v) is 20.9. The maximum absolute atomic E-state index is 14.2. The van der Waals surface area contributed by atoms with Gasteiger partial charge in [-0.3, -0.25) is 9.69 Å². The van der Waals surface area contributed by atoms with Crippen molar-refractivity contribution in [2.45, 2.75) is 31.4 Å². The molecule has 1 saturated heterocycles. The Balaban J connectivity index is 1.29. The molecule has 1 aliphatic heterocycles. The maximum Gasteiger partial charge on any atom is 0.394 e. The monoisotopic (exact) mass is 550 g/mol. The van der Waals surface area contributed by atoms with Gasteiger partial charge in [-0.25, -0.2) is 18.2 Å². The van der Waals surface area contributed by atoms with Crippen molar-refractivity contribution in [2.24, 2.45) is 0 Å². The molecule has 4 aromatic rings. The van der Waals surface area contributed by atoms with E-state index in [-0.39, 0.29) is 35.0 Å². The second-order valence-corrected chi connectivity index (χ2v) is 9.82. The minimum absolute atomic E-state index is 0.0257. The van der Waals surface area contributed by atoms with Crippen LogP contribution in [0.1, 0.15) is 46.2 Å². The van der Waals surface area contributed by atoms with Gasteiger partial charge in [0.15, 0.2) is 5.58 Å². The molecule has 2 aromatic carbocycles. The number of para-hydroxylation sites is 2. The molecule has 0 spiro atoms. The number of rotatable bonds is 8. The van der Waals surface area contributed by atoms with Crippen LogP contribution in [0.5, 0.6) is 6.08 Å². The number of oxazole rings is 1. The molecule has 0 aliphatic carbocycles. The first-order valence-corrected chi connectivity index (χ1v) is 12.9. The van der Waals surface area contributed by atoms with Gasteiger partial charge in [0.05, 0.1) is 27.0 Å². The average molecular weight is 551 g/mol. The van der Waals surface area contributed by atoms with Crippen LogP contribution in [0.15, 0.2) is 52.4 Å². The number of nitrogens with one attached hydrogen (secondary N) is 1. The lowest BCUT2D eigenvalue weighted by Crippen LogP contribution is -2.44. The highest BCUT2D eigenvalue weighted by Gasteiger charge is 2.32. The number of nitrogens with zero attached hydrogens (tertiary/aromatic N) is 3. The van der Waals surface area contributed by atoms with Crippen molar-refractivity contribution in [1.82, 2.24) is 20.2 Å². The van der Waals surface area contributed by atoms with Gasteiger partial charge in [0.25, 0.3) is 12.3 Å². The number of halogens is 4. The lowest BCUT2D eigenvalue weighted by Gasteiger charge is -2.37. The van der Waals surface area contributed by atoms with E-state index < -0.39 is 24.2 Å². The highest BCUT2D eigenvalue weighted by molar-refractivity contribution is 7.09. The number of hydrogen-bond acceptors (Lipinski definition) is 7. The Labute approximate surface area is 219 Å². The molecule has 1 N–H and O–H groups in total. The number of ether oxygens (including phenoxy) is 1. The molecule has 5 rings (SSSR count). The van der Waals surface area contributed by atoms with Crippen LogP contribution in [0.3, 0.4) is 0 Å². The fraction of sp³-hybridized carbons (Fsp3) is 0.320. The molecule has 1 unspecified atom stereocenters. The van der Waals surface area contributed by atoms with Gasteiger partial charge in [-0.05, 0) is 37.1 Å². The van der Waals surface area contributed by atoms with Gasteiger partial charge in [-0.15, -0.1) is 11.3 Å². The summed E-state index contributed by atoms with van der Waals surface area (Å²) < 4.78 is 53.2. The number of likely N-dealkylation sites (tertiary alicyclic amines) is 1. The molecule has 1 amide bonds. The third-order valence-corrected chi connectivity index (χ3v) is 7.50. The van der Waals surface area contributed by atoms with Gasteiger partial charge < -0.3 is 14.5 Å². The van der Waals surface area contributed by atoms with Crippen LogP contribution in [-0.4, -0.2) is 46.5 Å². The SMILES string of the molecule is O=C(NCC(c1scnc1C(F)F)N1CCC(Oc2nc3ccccc3o2)CC1)c1c(F)cccc1Cl. The lowest BCUT2D eigenvalue weighted by atomic mass is 10.0. The van der Waals surface area contributed by atoms with Crippen molar-refractivity contribution < 1.29 is 27.1 Å². The van der Waals surface area contributed by atoms with Crippen molar-refractivity contribution in [1.29, 1.82) is 0 Å². The van der Waals surface area contributed by atoms with Crippen LogP contribution < -0.4 is 10.1 Å². The topological polar surface area (TPSA) is 80.5 Å². The molecule has 0 bridgehead atoms. The van der Waals surface area contributed by atoms with Gasteiger partial charge in [-0.2, -0.15) is 4.98 Å². The number of piperidine rings is 1. The third kappa shape index (κ3) is 5.58. The Morgan fingerprint density at radius 3 is 2.73 bits per heavy atom. The van der Waals surface area contributed by atoms with Crippen LogP contribution in [0.4, 0.5) is 13.2 Å². The summed E-state index contributed by atoms with van der Waals surface area (Å²) in [5.41, 5.74) is 2.09. The molecular formula is C25H22ClF3N4O3S. The number of benzene rings is 2. The van der Waals surface area contributed by atoms with E-state index >= 15 is 0 Å². The third-order valence-electron chi connectivity index (χ3n) is 6.24. The summed E-state index contributed by atoms with van der Waals surface area (Å²) in [6, 6.07) is 10.7. The number of alkyl halides is 2. The Bertz CT molecular complexity index is 1340. The fourth-order valence-corrected chi connectivity index (χ4v) is 5.59. The summed E-state index contributed by atoms with van der Waals surface area (Å²) in [6.07, 6.45) is -1.57. The van der Waals surface area contributed by atoms with Gasteiger partial charge in [0, 0.05) is 19.6 Å². The van der Waals surface area contributed by atoms with E-state index in [1.807, 2.05) is 23.1 Å². The summed E-state index contributed by atoms with van der Waals surface area (Å²) >= 11 is 7.12. The zero-order valence-electron chi connectivity index (χ0n) is 19.4. The Hall–Kier alpha value is -3.15. The van der Waals surface area contributed by atoms with Crippen LogP contribution in [0.2, 0.25) is 5.02 Å². The summed E-state index contributed by atoms with van der Waals surface area (Å²) in [4.78, 5) is 23.3. The quantitative estimate of drug-likeness (QED) is 0.288. The summed E-state index contributed by atoms with van der Waals surface area (Å²) in [5, 5.41) is 2.64. The van der Waals surface area contributed by atoms with E-state index in [2.05, 4.69) is 15.3 Å². The first-order chi connectivity index (χ1) is 17.9. The van der Waals surface area contributed by atoms with Crippen LogP contribution in [0, 0.1) is 5.82 Å². The van der Waals surface area contributed by atoms with E-state index in [1.54, 1.807) is 6.07 Å². The number of aromatic nitrogens is 2. The molecule has 0 saturated carbocycles. The Morgan fingerprint density at radius 2 is 2.00 bits per heavy atom. The standard InChI is InChI=1S/C25H22ClF3N4O3S/c26-15-4-3-5-16(27)20(15)24(34)30-12-18(22-21(23(28)29)31-13-37-22)33-10-8-14(9-11-33)35-25-32-17-6-1-2-7-19(17)36-25/h1-7,13-14,18,23H,8-12H2,(H,30,34). The molecule has 0 radical (unpaired) electrons. The van der Waals surface area contributed by atoms with Gasteiger partial charge in [0.1, 0.15) is 23.1 Å². The normalized spacial score (nSPS) is 15.8. The smallest absolute Gasteiger partial charge is 0.394 e. The summed E-state index contributed by atoms with van der Waals surface area (Å²) in [6.45, 7) is 0.987. The molecule has 37 heavy (non-hydrogen) atoms. The van der Waals surface area contributed by atoms with E-state index in [1.165, 1.54) is 17.6 Å². The van der Waals surface area contributed by atoms with Crippen LogP contribution in [0.25, 0.3) is 11.1 Å². The number of fused-ring (bicyclic) bond motifs is 1. The van der Waals surface area contributed by atoms with Crippen LogP contribution in [-0.2, 0) is 0 Å². The van der Waals surface area contributed by atoms with Gasteiger partial charge in [0.2, 0.25) is 0 Å². The van der Waals surface area contributed by atoms with Crippen molar-refractivity contribution in [3.63, 3.8) is 0 Å². The molecule has 7 nitrogen and oxygen atoms in total. The highest BCUT2D eigenvalue weighted by atomic mass is 35.5. The molecule has 1 atom stereocenters.